The van der Waals surface area contributed by atoms with E-state index in [9.17, 15) is 72.9 Å². The standard InChI is InChI=1S/C35H59N11O16/c1-13(2)25(33(59)46-26(17(6)48)34(60)43-20(35(61)62)11-23(38)50)45-31(57)18(7-9-22(37)49)42-32(58)21(12-47)44-29(55)16(5)39-28(54)15(4)40-30(56)19(8-10-24(51)52)41-27(53)14(3)36/h13-21,25-26,47-48H,7-12,36H2,1-6H3,(H2,37,49)(H2,38,50)(H,39,54)(H,40,56)(H,41,53)(H,42,58)(H,43,60)(H,44,55)(H,45,57)(H,46,59)(H,51,52)(H,61,62)/t14-,15-,16-,17+,18-,19-,20-,21-,25-,26-/m0/s1. The van der Waals surface area contributed by atoms with E-state index in [2.05, 4.69) is 37.2 Å². The molecule has 0 spiro atoms. The van der Waals surface area contributed by atoms with E-state index in [1.807, 2.05) is 5.32 Å². The first-order valence-corrected chi connectivity index (χ1v) is 19.1. The van der Waals surface area contributed by atoms with Crippen molar-refractivity contribution < 1.29 is 78.0 Å². The number of aliphatic hydroxyl groups is 2. The summed E-state index contributed by atoms with van der Waals surface area (Å²) >= 11 is 0. The first-order valence-electron chi connectivity index (χ1n) is 19.1. The third kappa shape index (κ3) is 20.2. The van der Waals surface area contributed by atoms with Crippen LogP contribution in [0.3, 0.4) is 0 Å². The minimum absolute atomic E-state index is 0.347. The monoisotopic (exact) mass is 889 g/mol. The molecule has 10 amide bonds. The highest BCUT2D eigenvalue weighted by molar-refractivity contribution is 5.98. The van der Waals surface area contributed by atoms with Gasteiger partial charge < -0.3 is 80.2 Å². The zero-order chi connectivity index (χ0) is 48.2. The Hall–Kier alpha value is -6.48. The molecule has 0 fully saturated rings. The van der Waals surface area contributed by atoms with Crippen LogP contribution >= 0.6 is 0 Å². The first kappa shape index (κ1) is 55.5. The number of aliphatic hydroxyl groups excluding tert-OH is 2. The van der Waals surface area contributed by atoms with Crippen LogP contribution in [0.1, 0.15) is 73.6 Å². The molecule has 0 aromatic carbocycles. The van der Waals surface area contributed by atoms with Gasteiger partial charge in [-0.1, -0.05) is 13.8 Å². The van der Waals surface area contributed by atoms with Crippen molar-refractivity contribution in [3.05, 3.63) is 0 Å². The highest BCUT2D eigenvalue weighted by Gasteiger charge is 2.36. The second kappa shape index (κ2) is 26.7. The van der Waals surface area contributed by atoms with Crippen LogP contribution in [0.15, 0.2) is 0 Å². The summed E-state index contributed by atoms with van der Waals surface area (Å²) in [5, 5.41) is 56.2. The van der Waals surface area contributed by atoms with E-state index >= 15 is 0 Å². The lowest BCUT2D eigenvalue weighted by atomic mass is 10.0. The number of primary amides is 2. The number of carboxylic acids is 2. The Morgan fingerprint density at radius 1 is 0.484 bits per heavy atom. The average Bonchev–Trinajstić information content (AvgIpc) is 3.16. The number of amides is 10. The Morgan fingerprint density at radius 3 is 1.32 bits per heavy atom. The number of rotatable bonds is 28. The first-order chi connectivity index (χ1) is 28.6. The molecule has 27 nitrogen and oxygen atoms in total. The number of carbonyl (C=O) groups excluding carboxylic acids is 10. The Balaban J connectivity index is 5.91. The van der Waals surface area contributed by atoms with Gasteiger partial charge in [-0.2, -0.15) is 0 Å². The SMILES string of the molecule is CC(C)[C@H](NC(=O)[C@H](CCC(N)=O)NC(=O)[C@H](CO)NC(=O)[C@H](C)NC(=O)[C@H](C)NC(=O)[C@H](CCC(=O)O)NC(=O)[C@H](C)N)C(=O)N[C@H](C(=O)N[C@@H](CC(N)=O)C(=O)O)[C@@H](C)O. The van der Waals surface area contributed by atoms with Crippen LogP contribution < -0.4 is 59.7 Å². The van der Waals surface area contributed by atoms with Crippen LogP contribution in [0.2, 0.25) is 0 Å². The van der Waals surface area contributed by atoms with E-state index in [0.29, 0.717) is 0 Å². The summed E-state index contributed by atoms with van der Waals surface area (Å²) in [6.45, 7) is 6.63. The quantitative estimate of drug-likeness (QED) is 0.0347. The molecule has 0 saturated heterocycles. The van der Waals surface area contributed by atoms with Gasteiger partial charge in [0.1, 0.15) is 48.3 Å². The lowest BCUT2D eigenvalue weighted by Gasteiger charge is -2.29. The van der Waals surface area contributed by atoms with E-state index in [4.69, 9.17) is 22.3 Å². The van der Waals surface area contributed by atoms with E-state index in [1.54, 1.807) is 0 Å². The smallest absolute Gasteiger partial charge is 0.326 e. The molecule has 0 aromatic rings. The molecule has 350 valence electrons. The number of hydrogen-bond acceptors (Lipinski definition) is 15. The summed E-state index contributed by atoms with van der Waals surface area (Å²) in [7, 11) is 0. The lowest BCUT2D eigenvalue weighted by molar-refractivity contribution is -0.144. The minimum Gasteiger partial charge on any atom is -0.481 e. The van der Waals surface area contributed by atoms with Gasteiger partial charge in [-0.05, 0) is 46.5 Å². The van der Waals surface area contributed by atoms with Gasteiger partial charge in [-0.25, -0.2) is 4.79 Å². The van der Waals surface area contributed by atoms with Gasteiger partial charge in [0.05, 0.1) is 25.2 Å². The molecule has 0 rings (SSSR count). The third-order valence-corrected chi connectivity index (χ3v) is 8.65. The van der Waals surface area contributed by atoms with Crippen LogP contribution in [0, 0.1) is 5.92 Å². The summed E-state index contributed by atoms with van der Waals surface area (Å²) in [4.78, 5) is 149. The molecule has 0 unspecified atom stereocenters. The molecule has 10 atom stereocenters. The van der Waals surface area contributed by atoms with Crippen molar-refractivity contribution in [2.45, 2.75) is 134 Å². The number of carbonyl (C=O) groups is 12. The molecule has 0 aromatic heterocycles. The summed E-state index contributed by atoms with van der Waals surface area (Å²) in [5.74, 6) is -13.9. The van der Waals surface area contributed by atoms with Gasteiger partial charge in [0.15, 0.2) is 0 Å². The van der Waals surface area contributed by atoms with E-state index in [0.717, 1.165) is 6.92 Å². The molecular weight excluding hydrogens is 830 g/mol. The molecule has 0 heterocycles. The van der Waals surface area contributed by atoms with Crippen LogP contribution in [0.25, 0.3) is 0 Å². The molecule has 0 saturated carbocycles. The number of carboxylic acid groups (broad SMARTS) is 2. The molecule has 0 aliphatic carbocycles. The number of nitrogens with one attached hydrogen (secondary N) is 8. The fraction of sp³-hybridized carbons (Fsp3) is 0.657. The summed E-state index contributed by atoms with van der Waals surface area (Å²) in [5.41, 5.74) is 15.8. The van der Waals surface area contributed by atoms with Crippen molar-refractivity contribution in [1.82, 2.24) is 42.5 Å². The van der Waals surface area contributed by atoms with Crippen molar-refractivity contribution in [1.29, 1.82) is 0 Å². The highest BCUT2D eigenvalue weighted by atomic mass is 16.4. The number of aliphatic carboxylic acids is 2. The molecule has 0 aliphatic rings. The minimum atomic E-state index is -1.81. The predicted molar refractivity (Wildman–Crippen MR) is 211 cm³/mol. The predicted octanol–water partition coefficient (Wildman–Crippen LogP) is -7.63. The number of nitrogens with two attached hydrogens (primary N) is 3. The van der Waals surface area contributed by atoms with E-state index < -0.39 is 170 Å². The summed E-state index contributed by atoms with van der Waals surface area (Å²) in [6.07, 6.45) is -4.29. The van der Waals surface area contributed by atoms with Crippen molar-refractivity contribution in [2.24, 2.45) is 23.1 Å². The Bertz CT molecular complexity index is 1670. The highest BCUT2D eigenvalue weighted by Crippen LogP contribution is 2.08. The van der Waals surface area contributed by atoms with Gasteiger partial charge in [0.25, 0.3) is 0 Å². The van der Waals surface area contributed by atoms with E-state index in [1.165, 1.54) is 34.6 Å². The van der Waals surface area contributed by atoms with Gasteiger partial charge >= 0.3 is 11.9 Å². The van der Waals surface area contributed by atoms with Crippen LogP contribution in [0.4, 0.5) is 0 Å². The average molecular weight is 890 g/mol. The summed E-state index contributed by atoms with van der Waals surface area (Å²) in [6, 6.07) is -13.8. The molecule has 0 bridgehead atoms. The molecule has 0 radical (unpaired) electrons. The fourth-order valence-corrected chi connectivity index (χ4v) is 5.04. The third-order valence-electron chi connectivity index (χ3n) is 8.65. The van der Waals surface area contributed by atoms with Gasteiger partial charge in [0, 0.05) is 12.8 Å². The maximum atomic E-state index is 13.5. The maximum Gasteiger partial charge on any atom is 0.326 e. The molecule has 62 heavy (non-hydrogen) atoms. The van der Waals surface area contributed by atoms with Crippen molar-refractivity contribution in [3.8, 4) is 0 Å². The van der Waals surface area contributed by atoms with Crippen LogP contribution in [-0.2, 0) is 57.5 Å². The topological polar surface area (TPSA) is 460 Å². The van der Waals surface area contributed by atoms with Crippen molar-refractivity contribution in [3.63, 3.8) is 0 Å². The van der Waals surface area contributed by atoms with Crippen molar-refractivity contribution >= 4 is 71.0 Å². The van der Waals surface area contributed by atoms with Gasteiger partial charge in [-0.15, -0.1) is 0 Å². The largest absolute Gasteiger partial charge is 0.481 e. The molecule has 18 N–H and O–H groups in total. The second-order valence-corrected chi connectivity index (χ2v) is 14.6. The fourth-order valence-electron chi connectivity index (χ4n) is 5.04. The number of hydrogen-bond donors (Lipinski definition) is 15. The van der Waals surface area contributed by atoms with E-state index in [-0.39, 0.29) is 6.42 Å². The molecule has 0 aliphatic heterocycles. The Labute approximate surface area is 355 Å². The van der Waals surface area contributed by atoms with Gasteiger partial charge in [0.2, 0.25) is 59.1 Å². The maximum absolute atomic E-state index is 13.5. The summed E-state index contributed by atoms with van der Waals surface area (Å²) < 4.78 is 0. The van der Waals surface area contributed by atoms with Crippen molar-refractivity contribution in [2.75, 3.05) is 6.61 Å². The molecular formula is C35H59N11O16. The van der Waals surface area contributed by atoms with Crippen LogP contribution in [-0.4, -0.2) is 159 Å². The second-order valence-electron chi connectivity index (χ2n) is 14.6. The zero-order valence-corrected chi connectivity index (χ0v) is 35.0. The Morgan fingerprint density at radius 2 is 0.887 bits per heavy atom. The zero-order valence-electron chi connectivity index (χ0n) is 35.0. The van der Waals surface area contributed by atoms with Crippen LogP contribution in [0.5, 0.6) is 0 Å². The molecule has 27 heteroatoms. The van der Waals surface area contributed by atoms with Gasteiger partial charge in [-0.3, -0.25) is 52.7 Å². The normalized spacial score (nSPS) is 15.8. The lowest BCUT2D eigenvalue weighted by Crippen LogP contribution is -2.62. The Kier molecular flexibility index (Phi) is 23.9.